The number of aliphatic hydroxyl groups is 1. The van der Waals surface area contributed by atoms with Gasteiger partial charge in [-0.3, -0.25) is 0 Å². The summed E-state index contributed by atoms with van der Waals surface area (Å²) in [5.41, 5.74) is -0.806. The van der Waals surface area contributed by atoms with Crippen molar-refractivity contribution in [3.8, 4) is 0 Å². The van der Waals surface area contributed by atoms with E-state index in [-0.39, 0.29) is 6.54 Å². The van der Waals surface area contributed by atoms with Gasteiger partial charge in [0.1, 0.15) is 11.4 Å². The number of nitrogens with zero attached hydrogens (tertiary/aromatic N) is 1. The fourth-order valence-corrected chi connectivity index (χ4v) is 4.82. The average Bonchev–Trinajstić information content (AvgIpc) is 3.19. The van der Waals surface area contributed by atoms with Crippen LogP contribution >= 0.6 is 0 Å². The van der Waals surface area contributed by atoms with E-state index in [0.717, 1.165) is 25.5 Å². The Morgan fingerprint density at radius 3 is 2.96 bits per heavy atom. The molecule has 3 aliphatic rings. The highest BCUT2D eigenvalue weighted by Crippen LogP contribution is 2.62. The summed E-state index contributed by atoms with van der Waals surface area (Å²) in [5, 5.41) is 17.6. The molecule has 0 radical (unpaired) electrons. The molecule has 138 valence electrons. The van der Waals surface area contributed by atoms with Gasteiger partial charge in [0, 0.05) is 30.5 Å². The first kappa shape index (κ1) is 16.9. The van der Waals surface area contributed by atoms with Crippen molar-refractivity contribution in [2.45, 2.75) is 57.3 Å². The quantitative estimate of drug-likeness (QED) is 0.561. The van der Waals surface area contributed by atoms with Crippen molar-refractivity contribution in [2.75, 3.05) is 19.7 Å². The molecule has 4 rings (SSSR count). The van der Waals surface area contributed by atoms with Crippen LogP contribution in [0.5, 0.6) is 0 Å². The Bertz CT molecular complexity index is 622. The molecular weight excluding hydrogens is 318 g/mol. The summed E-state index contributed by atoms with van der Waals surface area (Å²) in [7, 11) is 0. The van der Waals surface area contributed by atoms with Gasteiger partial charge in [0.05, 0.1) is 18.9 Å². The molecule has 2 heterocycles. The smallest absolute Gasteiger partial charge is 0.191 e. The lowest BCUT2D eigenvalue weighted by molar-refractivity contribution is -0.171. The molecule has 4 atom stereocenters. The van der Waals surface area contributed by atoms with Gasteiger partial charge in [0.2, 0.25) is 0 Å². The van der Waals surface area contributed by atoms with Gasteiger partial charge in [-0.25, -0.2) is 4.99 Å². The molecule has 3 N–H and O–H groups in total. The molecule has 0 amide bonds. The highest BCUT2D eigenvalue weighted by molar-refractivity contribution is 5.80. The molecule has 4 unspecified atom stereocenters. The summed E-state index contributed by atoms with van der Waals surface area (Å²) in [5.74, 6) is 1.90. The second-order valence-corrected chi connectivity index (χ2v) is 7.90. The minimum atomic E-state index is -1.11. The van der Waals surface area contributed by atoms with E-state index in [2.05, 4.69) is 22.5 Å². The van der Waals surface area contributed by atoms with Crippen LogP contribution in [0.3, 0.4) is 0 Å². The number of rotatable bonds is 5. The van der Waals surface area contributed by atoms with Gasteiger partial charge >= 0.3 is 0 Å². The Morgan fingerprint density at radius 1 is 1.48 bits per heavy atom. The number of furan rings is 1. The molecule has 1 spiro atoms. The van der Waals surface area contributed by atoms with Gasteiger partial charge < -0.3 is 24.9 Å². The highest BCUT2D eigenvalue weighted by Gasteiger charge is 2.66. The number of guanidine groups is 1. The Kier molecular flexibility index (Phi) is 4.28. The predicted octanol–water partition coefficient (Wildman–Crippen LogP) is 2.00. The van der Waals surface area contributed by atoms with Crippen molar-refractivity contribution in [1.29, 1.82) is 0 Å². The van der Waals surface area contributed by atoms with Gasteiger partial charge in [-0.1, -0.05) is 6.42 Å². The van der Waals surface area contributed by atoms with Crippen molar-refractivity contribution in [2.24, 2.45) is 16.3 Å². The van der Waals surface area contributed by atoms with Crippen molar-refractivity contribution in [3.05, 3.63) is 24.2 Å². The summed E-state index contributed by atoms with van der Waals surface area (Å²) >= 11 is 0. The fourth-order valence-electron chi connectivity index (χ4n) is 4.82. The molecule has 1 aromatic rings. The molecule has 2 aliphatic carbocycles. The Balaban J connectivity index is 1.46. The maximum absolute atomic E-state index is 10.6. The maximum atomic E-state index is 10.6. The lowest BCUT2D eigenvalue weighted by Crippen LogP contribution is -2.72. The Hall–Kier alpha value is -1.53. The van der Waals surface area contributed by atoms with Crippen LogP contribution in [0.15, 0.2) is 27.8 Å². The zero-order chi connectivity index (χ0) is 17.5. The fraction of sp³-hybridized carbons (Fsp3) is 0.737. The maximum Gasteiger partial charge on any atom is 0.191 e. The number of ether oxygens (including phenoxy) is 1. The van der Waals surface area contributed by atoms with E-state index in [4.69, 9.17) is 9.15 Å². The first-order valence-electron chi connectivity index (χ1n) is 9.50. The van der Waals surface area contributed by atoms with Gasteiger partial charge in [0.15, 0.2) is 5.96 Å². The standard InChI is InChI=1S/C19H29N3O3/c1-3-20-17(21-12-18(2,23)14-6-4-10-24-14)22-15-13-7-11-25-16(13)19(15)8-5-9-19/h4,6,10,13,15-16,23H,3,5,7-9,11-12H2,1-2H3,(H2,20,21,22). The lowest BCUT2D eigenvalue weighted by atomic mass is 9.46. The van der Waals surface area contributed by atoms with Crippen LogP contribution in [0.4, 0.5) is 0 Å². The molecule has 6 nitrogen and oxygen atoms in total. The lowest BCUT2D eigenvalue weighted by Gasteiger charge is -2.63. The molecule has 1 aromatic heterocycles. The number of hydrogen-bond donors (Lipinski definition) is 3. The van der Waals surface area contributed by atoms with Crippen molar-refractivity contribution < 1.29 is 14.3 Å². The average molecular weight is 347 g/mol. The normalized spacial score (nSPS) is 32.4. The minimum Gasteiger partial charge on any atom is -0.466 e. The van der Waals surface area contributed by atoms with E-state index in [9.17, 15) is 5.11 Å². The van der Waals surface area contributed by atoms with Crippen LogP contribution in [-0.2, 0) is 10.3 Å². The number of fused-ring (bicyclic) bond motifs is 2. The summed E-state index contributed by atoms with van der Waals surface area (Å²) in [4.78, 5) is 4.64. The summed E-state index contributed by atoms with van der Waals surface area (Å²) in [6, 6.07) is 4.00. The topological polar surface area (TPSA) is 79.0 Å². The van der Waals surface area contributed by atoms with Gasteiger partial charge in [-0.05, 0) is 45.2 Å². The third-order valence-electron chi connectivity index (χ3n) is 6.27. The molecule has 25 heavy (non-hydrogen) atoms. The van der Waals surface area contributed by atoms with Crippen LogP contribution < -0.4 is 10.6 Å². The van der Waals surface area contributed by atoms with E-state index in [1.807, 2.05) is 0 Å². The zero-order valence-corrected chi connectivity index (χ0v) is 15.1. The number of nitrogens with one attached hydrogen (secondary N) is 2. The SMILES string of the molecule is CCNC(=NCC(C)(O)c1ccco1)NC1C2CCOC2C12CCC2. The second-order valence-electron chi connectivity index (χ2n) is 7.90. The minimum absolute atomic E-state index is 0.250. The summed E-state index contributed by atoms with van der Waals surface area (Å²) < 4.78 is 11.3. The zero-order valence-electron chi connectivity index (χ0n) is 15.1. The highest BCUT2D eigenvalue weighted by atomic mass is 16.5. The molecule has 0 aromatic carbocycles. The van der Waals surface area contributed by atoms with Crippen LogP contribution in [0.2, 0.25) is 0 Å². The van der Waals surface area contributed by atoms with Crippen molar-refractivity contribution >= 4 is 5.96 Å². The van der Waals surface area contributed by atoms with E-state index in [1.165, 1.54) is 19.3 Å². The monoisotopic (exact) mass is 347 g/mol. The second kappa shape index (κ2) is 6.32. The van der Waals surface area contributed by atoms with Crippen LogP contribution in [-0.4, -0.2) is 42.9 Å². The van der Waals surface area contributed by atoms with Crippen molar-refractivity contribution in [1.82, 2.24) is 10.6 Å². The Morgan fingerprint density at radius 2 is 2.32 bits per heavy atom. The van der Waals surface area contributed by atoms with E-state index in [1.54, 1.807) is 25.3 Å². The van der Waals surface area contributed by atoms with Crippen LogP contribution in [0.1, 0.15) is 45.3 Å². The van der Waals surface area contributed by atoms with Gasteiger partial charge in [0.25, 0.3) is 0 Å². The van der Waals surface area contributed by atoms with E-state index >= 15 is 0 Å². The molecule has 0 bridgehead atoms. The largest absolute Gasteiger partial charge is 0.466 e. The first-order valence-corrected chi connectivity index (χ1v) is 9.50. The van der Waals surface area contributed by atoms with E-state index < -0.39 is 5.60 Å². The molecule has 1 aliphatic heterocycles. The third-order valence-corrected chi connectivity index (χ3v) is 6.27. The molecule has 1 saturated heterocycles. The first-order chi connectivity index (χ1) is 12.1. The van der Waals surface area contributed by atoms with Crippen LogP contribution in [0.25, 0.3) is 0 Å². The van der Waals surface area contributed by atoms with Gasteiger partial charge in [-0.15, -0.1) is 0 Å². The Labute approximate surface area is 149 Å². The summed E-state index contributed by atoms with van der Waals surface area (Å²) in [6.45, 7) is 5.72. The summed E-state index contributed by atoms with van der Waals surface area (Å²) in [6.07, 6.45) is 6.93. The molecule has 6 heteroatoms. The van der Waals surface area contributed by atoms with Crippen LogP contribution in [0, 0.1) is 11.3 Å². The van der Waals surface area contributed by atoms with Crippen molar-refractivity contribution in [3.63, 3.8) is 0 Å². The predicted molar refractivity (Wildman–Crippen MR) is 95.3 cm³/mol. The van der Waals surface area contributed by atoms with E-state index in [0.29, 0.717) is 29.2 Å². The number of aliphatic imine (C=N–C) groups is 1. The molecule has 2 saturated carbocycles. The molecular formula is C19H29N3O3. The molecule has 3 fully saturated rings. The number of hydrogen-bond acceptors (Lipinski definition) is 4. The third kappa shape index (κ3) is 2.75. The van der Waals surface area contributed by atoms with Gasteiger partial charge in [-0.2, -0.15) is 0 Å².